The second-order valence-corrected chi connectivity index (χ2v) is 8.62. The fourth-order valence-electron chi connectivity index (χ4n) is 2.52. The summed E-state index contributed by atoms with van der Waals surface area (Å²) in [4.78, 5) is 31.8. The van der Waals surface area contributed by atoms with Gasteiger partial charge in [-0.3, -0.25) is 19.8 Å². The molecule has 0 aliphatic carbocycles. The summed E-state index contributed by atoms with van der Waals surface area (Å²) in [6.07, 6.45) is 0. The zero-order valence-electron chi connectivity index (χ0n) is 15.5. The summed E-state index contributed by atoms with van der Waals surface area (Å²) >= 11 is 11.0. The topological polar surface area (TPSA) is 79.6 Å². The quantitative estimate of drug-likeness (QED) is 0.328. The van der Waals surface area contributed by atoms with Crippen LogP contribution in [0.25, 0.3) is 10.2 Å². The Morgan fingerprint density at radius 1 is 1.24 bits per heavy atom. The van der Waals surface area contributed by atoms with Crippen LogP contribution in [0.4, 0.5) is 10.8 Å². The van der Waals surface area contributed by atoms with Crippen LogP contribution < -0.4 is 4.90 Å². The molecule has 0 radical (unpaired) electrons. The van der Waals surface area contributed by atoms with Gasteiger partial charge in [0.05, 0.1) is 25.7 Å². The number of hydrogen-bond acceptors (Lipinski definition) is 6. The van der Waals surface area contributed by atoms with Gasteiger partial charge in [-0.25, -0.2) is 4.98 Å². The van der Waals surface area contributed by atoms with Crippen LogP contribution in [0.2, 0.25) is 5.02 Å². The van der Waals surface area contributed by atoms with Gasteiger partial charge in [0.25, 0.3) is 11.6 Å². The SMILES string of the molecule is CN(C)CCN(C(=O)c1cc([N+](=O)[O-])ccc1Cl)c1nc2ccc(Br)cc2s1.Cl. The van der Waals surface area contributed by atoms with Crippen LogP contribution in [0.15, 0.2) is 40.9 Å². The summed E-state index contributed by atoms with van der Waals surface area (Å²) in [7, 11) is 3.80. The van der Waals surface area contributed by atoms with Crippen molar-refractivity contribution in [3.05, 3.63) is 61.6 Å². The Morgan fingerprint density at radius 2 is 1.97 bits per heavy atom. The van der Waals surface area contributed by atoms with Crippen molar-refractivity contribution in [3.63, 3.8) is 0 Å². The molecule has 1 heterocycles. The first-order valence-electron chi connectivity index (χ1n) is 8.23. The fraction of sp³-hybridized carbons (Fsp3) is 0.222. The van der Waals surface area contributed by atoms with Crippen molar-refractivity contribution in [1.29, 1.82) is 0 Å². The molecule has 29 heavy (non-hydrogen) atoms. The van der Waals surface area contributed by atoms with Crippen molar-refractivity contribution < 1.29 is 9.72 Å². The number of thiazole rings is 1. The van der Waals surface area contributed by atoms with E-state index in [4.69, 9.17) is 11.6 Å². The lowest BCUT2D eigenvalue weighted by Gasteiger charge is -2.22. The molecule has 11 heteroatoms. The maximum atomic E-state index is 13.3. The smallest absolute Gasteiger partial charge is 0.270 e. The van der Waals surface area contributed by atoms with Crippen LogP contribution >= 0.6 is 51.3 Å². The van der Waals surface area contributed by atoms with Crippen molar-refractivity contribution in [2.24, 2.45) is 0 Å². The van der Waals surface area contributed by atoms with Gasteiger partial charge in [0.15, 0.2) is 5.13 Å². The van der Waals surface area contributed by atoms with Crippen LogP contribution in [0.5, 0.6) is 0 Å². The molecule has 2 aromatic carbocycles. The molecule has 0 spiro atoms. The molecule has 154 valence electrons. The van der Waals surface area contributed by atoms with Gasteiger partial charge in [-0.05, 0) is 38.4 Å². The fourth-order valence-corrected chi connectivity index (χ4v) is 4.26. The zero-order chi connectivity index (χ0) is 20.4. The van der Waals surface area contributed by atoms with E-state index in [0.717, 1.165) is 14.7 Å². The first kappa shape index (κ1) is 23.5. The van der Waals surface area contributed by atoms with E-state index in [-0.39, 0.29) is 28.7 Å². The number of rotatable bonds is 6. The summed E-state index contributed by atoms with van der Waals surface area (Å²) in [6, 6.07) is 9.54. The van der Waals surface area contributed by atoms with E-state index >= 15 is 0 Å². The number of carbonyl (C=O) groups is 1. The van der Waals surface area contributed by atoms with Crippen LogP contribution in [0.1, 0.15) is 10.4 Å². The summed E-state index contributed by atoms with van der Waals surface area (Å²) < 4.78 is 1.85. The molecule has 0 atom stereocenters. The zero-order valence-corrected chi connectivity index (χ0v) is 19.4. The monoisotopic (exact) mass is 518 g/mol. The number of nitro groups is 1. The minimum absolute atomic E-state index is 0. The first-order valence-corrected chi connectivity index (χ1v) is 10.2. The van der Waals surface area contributed by atoms with Crippen molar-refractivity contribution in [1.82, 2.24) is 9.88 Å². The van der Waals surface area contributed by atoms with Crippen molar-refractivity contribution in [2.75, 3.05) is 32.1 Å². The highest BCUT2D eigenvalue weighted by Gasteiger charge is 2.25. The molecule has 7 nitrogen and oxygen atoms in total. The standard InChI is InChI=1S/C18H16BrClN4O3S.ClH/c1-22(2)7-8-23(18-21-15-6-3-11(19)9-16(15)28-18)17(25)13-10-12(24(26)27)4-5-14(13)20;/h3-6,9-10H,7-8H2,1-2H3;1H. The molecule has 0 saturated heterocycles. The number of benzene rings is 2. The second-order valence-electron chi connectivity index (χ2n) is 6.29. The number of halogens is 3. The molecule has 0 unspecified atom stereocenters. The Bertz CT molecular complexity index is 1060. The highest BCUT2D eigenvalue weighted by atomic mass is 79.9. The highest BCUT2D eigenvalue weighted by Crippen LogP contribution is 2.33. The number of likely N-dealkylation sites (N-methyl/N-ethyl adjacent to an activating group) is 1. The van der Waals surface area contributed by atoms with Crippen LogP contribution in [-0.2, 0) is 0 Å². The maximum absolute atomic E-state index is 13.3. The molecule has 0 bridgehead atoms. The number of nitrogens with zero attached hydrogens (tertiary/aromatic N) is 4. The number of anilines is 1. The van der Waals surface area contributed by atoms with E-state index in [1.54, 1.807) is 0 Å². The van der Waals surface area contributed by atoms with E-state index in [9.17, 15) is 14.9 Å². The summed E-state index contributed by atoms with van der Waals surface area (Å²) in [5, 5.41) is 11.8. The number of fused-ring (bicyclic) bond motifs is 1. The maximum Gasteiger partial charge on any atom is 0.270 e. The van der Waals surface area contributed by atoms with E-state index in [1.165, 1.54) is 34.4 Å². The largest absolute Gasteiger partial charge is 0.308 e. The Labute approximate surface area is 191 Å². The van der Waals surface area contributed by atoms with Crippen LogP contribution in [0.3, 0.4) is 0 Å². The van der Waals surface area contributed by atoms with E-state index in [0.29, 0.717) is 18.2 Å². The molecule has 3 rings (SSSR count). The molecular formula is C18H17BrCl2N4O3S. The average molecular weight is 520 g/mol. The first-order chi connectivity index (χ1) is 13.3. The van der Waals surface area contributed by atoms with Gasteiger partial charge in [-0.1, -0.05) is 38.9 Å². The normalized spacial score (nSPS) is 10.8. The predicted octanol–water partition coefficient (Wildman–Crippen LogP) is 5.25. The lowest BCUT2D eigenvalue weighted by atomic mass is 10.1. The Hall–Kier alpha value is -1.78. The van der Waals surface area contributed by atoms with Crippen molar-refractivity contribution in [2.45, 2.75) is 0 Å². The second kappa shape index (κ2) is 9.82. The predicted molar refractivity (Wildman–Crippen MR) is 123 cm³/mol. The number of non-ortho nitro benzene ring substituents is 1. The minimum atomic E-state index is -0.549. The molecule has 0 aliphatic heterocycles. The van der Waals surface area contributed by atoms with Crippen LogP contribution in [0, 0.1) is 10.1 Å². The molecule has 0 fully saturated rings. The third-order valence-electron chi connectivity index (χ3n) is 3.98. The number of carbonyl (C=O) groups excluding carboxylic acids is 1. The van der Waals surface area contributed by atoms with E-state index in [1.807, 2.05) is 37.2 Å². The number of hydrogen-bond donors (Lipinski definition) is 0. The minimum Gasteiger partial charge on any atom is -0.308 e. The third-order valence-corrected chi connectivity index (χ3v) is 5.84. The van der Waals surface area contributed by atoms with Gasteiger partial charge in [-0.15, -0.1) is 12.4 Å². The highest BCUT2D eigenvalue weighted by molar-refractivity contribution is 9.10. The average Bonchev–Trinajstić information content (AvgIpc) is 3.04. The van der Waals surface area contributed by atoms with Gasteiger partial charge in [-0.2, -0.15) is 0 Å². The molecule has 0 aliphatic rings. The number of nitro benzene ring substituents is 1. The van der Waals surface area contributed by atoms with Gasteiger partial charge in [0.1, 0.15) is 0 Å². The van der Waals surface area contributed by atoms with Crippen molar-refractivity contribution in [3.8, 4) is 0 Å². The Morgan fingerprint density at radius 3 is 2.62 bits per heavy atom. The van der Waals surface area contributed by atoms with Crippen LogP contribution in [-0.4, -0.2) is 47.9 Å². The van der Waals surface area contributed by atoms with E-state index in [2.05, 4.69) is 20.9 Å². The Kier molecular flexibility index (Phi) is 7.95. The van der Waals surface area contributed by atoms with Gasteiger partial charge in [0, 0.05) is 29.7 Å². The molecule has 1 amide bonds. The Balaban J connectivity index is 0.00000300. The lowest BCUT2D eigenvalue weighted by Crippen LogP contribution is -2.37. The molecule has 0 N–H and O–H groups in total. The third kappa shape index (κ3) is 5.43. The summed E-state index contributed by atoms with van der Waals surface area (Å²) in [5.41, 5.74) is 0.666. The van der Waals surface area contributed by atoms with Gasteiger partial charge in [0.2, 0.25) is 0 Å². The van der Waals surface area contributed by atoms with Gasteiger partial charge < -0.3 is 4.90 Å². The number of amides is 1. The molecule has 3 aromatic rings. The summed E-state index contributed by atoms with van der Waals surface area (Å²) in [6.45, 7) is 0.962. The lowest BCUT2D eigenvalue weighted by molar-refractivity contribution is -0.384. The summed E-state index contributed by atoms with van der Waals surface area (Å²) in [5.74, 6) is -0.423. The van der Waals surface area contributed by atoms with E-state index < -0.39 is 10.8 Å². The van der Waals surface area contributed by atoms with Crippen molar-refractivity contribution >= 4 is 78.2 Å². The molecule has 0 saturated carbocycles. The number of aromatic nitrogens is 1. The van der Waals surface area contributed by atoms with Gasteiger partial charge >= 0.3 is 0 Å². The molecular weight excluding hydrogens is 503 g/mol. The molecule has 1 aromatic heterocycles.